The molecule has 2 N–H and O–H groups in total. The van der Waals surface area contributed by atoms with Crippen LogP contribution in [0.25, 0.3) is 0 Å². The van der Waals surface area contributed by atoms with Gasteiger partial charge in [-0.15, -0.1) is 0 Å². The average Bonchev–Trinajstić information content (AvgIpc) is 3.06. The fraction of sp³-hybridized carbons (Fsp3) is 0.270. The van der Waals surface area contributed by atoms with Crippen molar-refractivity contribution in [3.8, 4) is 11.5 Å². The van der Waals surface area contributed by atoms with Gasteiger partial charge in [-0.2, -0.15) is 0 Å². The molecule has 10 heteroatoms. The normalized spacial score (nSPS) is 11.7. The molecule has 0 fully saturated rings. The van der Waals surface area contributed by atoms with Crippen molar-refractivity contribution < 1.29 is 29.0 Å². The van der Waals surface area contributed by atoms with E-state index in [1.54, 1.807) is 0 Å². The van der Waals surface area contributed by atoms with Gasteiger partial charge in [0.05, 0.1) is 11.6 Å². The lowest BCUT2D eigenvalue weighted by atomic mass is 9.91. The van der Waals surface area contributed by atoms with Gasteiger partial charge in [-0.3, -0.25) is 9.59 Å². The number of carboxylic acid groups (broad SMARTS) is 1. The van der Waals surface area contributed by atoms with Crippen LogP contribution < -0.4 is 14.8 Å². The maximum atomic E-state index is 12.1. The first kappa shape index (κ1) is 35.5. The lowest BCUT2D eigenvalue weighted by Crippen LogP contribution is -2.45. The molecule has 47 heavy (non-hydrogen) atoms. The van der Waals surface area contributed by atoms with Crippen molar-refractivity contribution in [2.45, 2.75) is 31.7 Å². The first-order valence-corrected chi connectivity index (χ1v) is 16.0. The fourth-order valence-electron chi connectivity index (χ4n) is 5.01. The number of ether oxygens (including phenoxy) is 2. The molecule has 0 aliphatic heterocycles. The summed E-state index contributed by atoms with van der Waals surface area (Å²) in [6.07, 6.45) is 1.86. The molecule has 246 valence electrons. The molecule has 0 saturated heterocycles. The predicted octanol–water partition coefficient (Wildman–Crippen LogP) is 6.92. The molecule has 8 nitrogen and oxygen atoms in total. The van der Waals surface area contributed by atoms with Crippen LogP contribution in [0, 0.1) is 0 Å². The molecule has 0 heterocycles. The molecule has 0 aromatic heterocycles. The van der Waals surface area contributed by atoms with E-state index in [-0.39, 0.29) is 24.7 Å². The summed E-state index contributed by atoms with van der Waals surface area (Å²) in [6.45, 7) is 3.03. The topological polar surface area (TPSA) is 105 Å². The Labute approximate surface area is 285 Å². The number of benzene rings is 4. The molecule has 4 aromatic rings. The second kappa shape index (κ2) is 17.5. The van der Waals surface area contributed by atoms with Crippen LogP contribution in [0.3, 0.4) is 0 Å². The van der Waals surface area contributed by atoms with E-state index in [0.717, 1.165) is 25.9 Å². The average molecular weight is 678 g/mol. The molecule has 0 bridgehead atoms. The van der Waals surface area contributed by atoms with Gasteiger partial charge in [0.2, 0.25) is 5.78 Å². The number of carbonyl (C=O) groups is 3. The highest BCUT2D eigenvalue weighted by Gasteiger charge is 2.19. The van der Waals surface area contributed by atoms with Gasteiger partial charge in [0.1, 0.15) is 24.7 Å². The zero-order chi connectivity index (χ0) is 33.8. The lowest BCUT2D eigenvalue weighted by Gasteiger charge is -2.25. The summed E-state index contributed by atoms with van der Waals surface area (Å²) in [6, 6.07) is 29.1. The van der Waals surface area contributed by atoms with Crippen molar-refractivity contribution >= 4 is 40.9 Å². The standard InChI is InChI=1S/C37H38Cl2N2O6/c1-25(42)36(43)40-32(24-47-34-19-11-29(12-20-34)37(44)45)23-46-33-17-5-26(6-18-33)4-3-21-41(2)22-35(27-7-13-30(38)14-8-27)28-9-15-31(39)16-10-28/h5-20,32,35H,3-4,21-24H2,1-2H3,(H,40,43)(H,44,45). The number of ketones is 1. The molecule has 1 atom stereocenters. The van der Waals surface area contributed by atoms with Crippen molar-refractivity contribution in [1.82, 2.24) is 10.2 Å². The Hall–Kier alpha value is -4.37. The predicted molar refractivity (Wildman–Crippen MR) is 184 cm³/mol. The van der Waals surface area contributed by atoms with Crippen LogP contribution in [0.15, 0.2) is 97.1 Å². The van der Waals surface area contributed by atoms with E-state index in [1.165, 1.54) is 47.9 Å². The summed E-state index contributed by atoms with van der Waals surface area (Å²) < 4.78 is 11.6. The maximum Gasteiger partial charge on any atom is 0.335 e. The minimum Gasteiger partial charge on any atom is -0.491 e. The van der Waals surface area contributed by atoms with Crippen molar-refractivity contribution in [3.05, 3.63) is 129 Å². The molecule has 1 unspecified atom stereocenters. The Morgan fingerprint density at radius 1 is 0.766 bits per heavy atom. The number of rotatable bonds is 17. The van der Waals surface area contributed by atoms with Gasteiger partial charge in [0, 0.05) is 29.4 Å². The van der Waals surface area contributed by atoms with Gasteiger partial charge in [0.25, 0.3) is 5.91 Å². The quantitative estimate of drug-likeness (QED) is 0.117. The van der Waals surface area contributed by atoms with E-state index in [0.29, 0.717) is 21.5 Å². The first-order valence-electron chi connectivity index (χ1n) is 15.3. The fourth-order valence-corrected chi connectivity index (χ4v) is 5.26. The van der Waals surface area contributed by atoms with Crippen LogP contribution in [0.5, 0.6) is 11.5 Å². The van der Waals surface area contributed by atoms with E-state index in [2.05, 4.69) is 41.5 Å². The third kappa shape index (κ3) is 11.4. The molecule has 4 aromatic carbocycles. The number of halogens is 2. The maximum absolute atomic E-state index is 12.1. The summed E-state index contributed by atoms with van der Waals surface area (Å²) in [5, 5.41) is 13.1. The summed E-state index contributed by atoms with van der Waals surface area (Å²) in [5.41, 5.74) is 3.70. The molecule has 0 aliphatic rings. The van der Waals surface area contributed by atoms with Crippen molar-refractivity contribution in [1.29, 1.82) is 0 Å². The van der Waals surface area contributed by atoms with Gasteiger partial charge >= 0.3 is 5.97 Å². The minimum atomic E-state index is -1.04. The summed E-state index contributed by atoms with van der Waals surface area (Å²) >= 11 is 12.3. The monoisotopic (exact) mass is 676 g/mol. The van der Waals surface area contributed by atoms with Crippen LogP contribution >= 0.6 is 23.2 Å². The second-order valence-electron chi connectivity index (χ2n) is 11.3. The number of nitrogens with zero attached hydrogens (tertiary/aromatic N) is 1. The third-order valence-electron chi connectivity index (χ3n) is 7.63. The van der Waals surface area contributed by atoms with Crippen LogP contribution in [0.1, 0.15) is 46.3 Å². The first-order chi connectivity index (χ1) is 22.6. The van der Waals surface area contributed by atoms with E-state index in [4.69, 9.17) is 37.8 Å². The third-order valence-corrected chi connectivity index (χ3v) is 8.13. The number of likely N-dealkylation sites (N-methyl/N-ethyl adjacent to an activating group) is 1. The second-order valence-corrected chi connectivity index (χ2v) is 12.2. The molecule has 0 spiro atoms. The highest BCUT2D eigenvalue weighted by molar-refractivity contribution is 6.35. The van der Waals surface area contributed by atoms with Gasteiger partial charge in [-0.1, -0.05) is 59.6 Å². The number of nitrogens with one attached hydrogen (secondary N) is 1. The number of carbonyl (C=O) groups excluding carboxylic acids is 2. The van der Waals surface area contributed by atoms with Gasteiger partial charge in [-0.05, 0) is 104 Å². The van der Waals surface area contributed by atoms with Crippen LogP contribution in [-0.2, 0) is 16.0 Å². The van der Waals surface area contributed by atoms with E-state index in [9.17, 15) is 14.4 Å². The van der Waals surface area contributed by atoms with Crippen LogP contribution in [-0.4, -0.2) is 67.1 Å². The number of aromatic carboxylic acids is 1. The van der Waals surface area contributed by atoms with Gasteiger partial charge < -0.3 is 24.8 Å². The largest absolute Gasteiger partial charge is 0.491 e. The van der Waals surface area contributed by atoms with Crippen molar-refractivity contribution in [2.75, 3.05) is 33.4 Å². The van der Waals surface area contributed by atoms with Gasteiger partial charge in [-0.25, -0.2) is 4.79 Å². The van der Waals surface area contributed by atoms with Crippen LogP contribution in [0.2, 0.25) is 10.0 Å². The number of carboxylic acids is 1. The Morgan fingerprint density at radius 2 is 1.26 bits per heavy atom. The van der Waals surface area contributed by atoms with E-state index >= 15 is 0 Å². The van der Waals surface area contributed by atoms with Crippen molar-refractivity contribution in [2.24, 2.45) is 0 Å². The number of amides is 1. The molecule has 4 rings (SSSR count). The van der Waals surface area contributed by atoms with Gasteiger partial charge in [0.15, 0.2) is 0 Å². The Balaban J connectivity index is 1.27. The summed E-state index contributed by atoms with van der Waals surface area (Å²) in [5.74, 6) is -1.18. The highest BCUT2D eigenvalue weighted by Crippen LogP contribution is 2.28. The molecule has 0 radical (unpaired) electrons. The zero-order valence-corrected chi connectivity index (χ0v) is 27.8. The molecular weight excluding hydrogens is 639 g/mol. The number of Topliss-reactive ketones (excluding diaryl/α,β-unsaturated/α-hetero) is 1. The highest BCUT2D eigenvalue weighted by atomic mass is 35.5. The molecule has 1 amide bonds. The van der Waals surface area contributed by atoms with E-state index in [1.807, 2.05) is 48.5 Å². The molecule has 0 saturated carbocycles. The number of hydrogen-bond acceptors (Lipinski definition) is 6. The Bertz CT molecular complexity index is 1570. The molecule has 0 aliphatic carbocycles. The minimum absolute atomic E-state index is 0.0218. The molecular formula is C37H38Cl2N2O6. The van der Waals surface area contributed by atoms with E-state index < -0.39 is 23.7 Å². The Kier molecular flexibility index (Phi) is 13.2. The SMILES string of the molecule is CC(=O)C(=O)NC(COc1ccc(CCCN(C)CC(c2ccc(Cl)cc2)c2ccc(Cl)cc2)cc1)COc1ccc(C(=O)O)cc1. The number of hydrogen-bond donors (Lipinski definition) is 2. The van der Waals surface area contributed by atoms with Crippen LogP contribution in [0.4, 0.5) is 0 Å². The summed E-state index contributed by atoms with van der Waals surface area (Å²) in [7, 11) is 2.13. The Morgan fingerprint density at radius 3 is 1.72 bits per heavy atom. The summed E-state index contributed by atoms with van der Waals surface area (Å²) in [4.78, 5) is 37.0. The zero-order valence-electron chi connectivity index (χ0n) is 26.3. The lowest BCUT2D eigenvalue weighted by molar-refractivity contribution is -0.137. The van der Waals surface area contributed by atoms with Crippen molar-refractivity contribution in [3.63, 3.8) is 0 Å². The smallest absolute Gasteiger partial charge is 0.335 e. The number of aryl methyl sites for hydroxylation is 1.